The van der Waals surface area contributed by atoms with Gasteiger partial charge in [0.05, 0.1) is 0 Å². The zero-order valence-corrected chi connectivity index (χ0v) is 10.3. The molecule has 1 aliphatic heterocycles. The lowest BCUT2D eigenvalue weighted by atomic mass is 10.2. The number of carbonyl (C=O) groups is 2. The van der Waals surface area contributed by atoms with Crippen LogP contribution in [0.5, 0.6) is 0 Å². The largest absolute Gasteiger partial charge is 0.382 e. The summed E-state index contributed by atoms with van der Waals surface area (Å²) in [5.74, 6) is 0.395. The Bertz CT molecular complexity index is 423. The second-order valence-electron chi connectivity index (χ2n) is 4.50. The van der Waals surface area contributed by atoms with E-state index in [0.29, 0.717) is 38.2 Å². The fraction of sp³-hybridized carbons (Fsp3) is 0.583. The topological polar surface area (TPSA) is 81.2 Å². The predicted molar refractivity (Wildman–Crippen MR) is 66.4 cm³/mol. The molecule has 2 N–H and O–H groups in total. The lowest BCUT2D eigenvalue weighted by molar-refractivity contribution is -0.143. The quantitative estimate of drug-likeness (QED) is 0.801. The van der Waals surface area contributed by atoms with Gasteiger partial charge in [-0.05, 0) is 25.3 Å². The van der Waals surface area contributed by atoms with Gasteiger partial charge in [0.25, 0.3) is 0 Å². The summed E-state index contributed by atoms with van der Waals surface area (Å²) in [4.78, 5) is 24.9. The second-order valence-corrected chi connectivity index (χ2v) is 4.50. The van der Waals surface area contributed by atoms with E-state index >= 15 is 0 Å². The average Bonchev–Trinajstić information content (AvgIpc) is 2.68. The average molecular weight is 250 g/mol. The zero-order valence-electron chi connectivity index (χ0n) is 10.3. The van der Waals surface area contributed by atoms with E-state index in [2.05, 4.69) is 5.10 Å². The molecule has 0 aliphatic carbocycles. The first-order valence-corrected chi connectivity index (χ1v) is 6.29. The number of likely N-dealkylation sites (tertiary alicyclic amines) is 1. The molecule has 2 heterocycles. The molecule has 0 bridgehead atoms. The monoisotopic (exact) mass is 250 g/mol. The van der Waals surface area contributed by atoms with E-state index in [-0.39, 0.29) is 11.8 Å². The predicted octanol–water partition coefficient (Wildman–Crippen LogP) is 0.785. The molecule has 1 aromatic rings. The molecule has 0 aromatic carbocycles. The molecule has 1 aliphatic rings. The van der Waals surface area contributed by atoms with Crippen LogP contribution in [0, 0.1) is 0 Å². The molecule has 1 fully saturated rings. The van der Waals surface area contributed by atoms with Crippen molar-refractivity contribution in [2.24, 2.45) is 0 Å². The summed E-state index contributed by atoms with van der Waals surface area (Å²) in [5.41, 5.74) is 5.51. The molecule has 2 rings (SSSR count). The minimum Gasteiger partial charge on any atom is -0.382 e. The van der Waals surface area contributed by atoms with Crippen molar-refractivity contribution in [2.75, 3.05) is 12.3 Å². The lowest BCUT2D eigenvalue weighted by Crippen LogP contribution is -2.36. The van der Waals surface area contributed by atoms with Crippen molar-refractivity contribution >= 4 is 17.6 Å². The van der Waals surface area contributed by atoms with Gasteiger partial charge >= 0.3 is 0 Å². The molecule has 0 atom stereocenters. The lowest BCUT2D eigenvalue weighted by Gasteiger charge is -2.18. The van der Waals surface area contributed by atoms with Crippen molar-refractivity contribution < 1.29 is 9.59 Å². The minimum atomic E-state index is -0.0440. The Morgan fingerprint density at radius 3 is 2.39 bits per heavy atom. The number of hydrogen-bond donors (Lipinski definition) is 1. The summed E-state index contributed by atoms with van der Waals surface area (Å²) in [5, 5.41) is 4.06. The number of anilines is 1. The summed E-state index contributed by atoms with van der Waals surface area (Å²) >= 11 is 0. The number of rotatable bonds is 4. The Hall–Kier alpha value is -1.85. The van der Waals surface area contributed by atoms with Crippen molar-refractivity contribution in [1.29, 1.82) is 0 Å². The first kappa shape index (κ1) is 12.6. The van der Waals surface area contributed by atoms with Crippen molar-refractivity contribution in [3.8, 4) is 0 Å². The molecule has 0 unspecified atom stereocenters. The summed E-state index contributed by atoms with van der Waals surface area (Å²) in [6.07, 6.45) is 5.11. The van der Waals surface area contributed by atoms with Gasteiger partial charge in [-0.2, -0.15) is 5.10 Å². The maximum Gasteiger partial charge on any atom is 0.229 e. The van der Waals surface area contributed by atoms with Crippen molar-refractivity contribution in [1.82, 2.24) is 14.7 Å². The van der Waals surface area contributed by atoms with Gasteiger partial charge in [-0.3, -0.25) is 19.2 Å². The van der Waals surface area contributed by atoms with E-state index < -0.39 is 0 Å². The van der Waals surface area contributed by atoms with Crippen molar-refractivity contribution in [3.63, 3.8) is 0 Å². The molecule has 2 amide bonds. The van der Waals surface area contributed by atoms with Gasteiger partial charge in [-0.15, -0.1) is 0 Å². The van der Waals surface area contributed by atoms with Crippen LogP contribution in [0.25, 0.3) is 0 Å². The molecular weight excluding hydrogens is 232 g/mol. The highest BCUT2D eigenvalue weighted by molar-refractivity contribution is 5.95. The highest BCUT2D eigenvalue weighted by atomic mass is 16.2. The molecule has 1 saturated heterocycles. The third-order valence-electron chi connectivity index (χ3n) is 3.06. The van der Waals surface area contributed by atoms with Gasteiger partial charge in [0.1, 0.15) is 5.82 Å². The van der Waals surface area contributed by atoms with Crippen LogP contribution in [-0.2, 0) is 16.1 Å². The summed E-state index contributed by atoms with van der Waals surface area (Å²) < 4.78 is 1.72. The number of aromatic nitrogens is 2. The minimum absolute atomic E-state index is 0.0440. The number of nitrogens with zero attached hydrogens (tertiary/aromatic N) is 3. The van der Waals surface area contributed by atoms with Crippen LogP contribution < -0.4 is 5.73 Å². The summed E-state index contributed by atoms with van der Waals surface area (Å²) in [7, 11) is 0. The normalized spacial score (nSPS) is 17.0. The van der Waals surface area contributed by atoms with Crippen LogP contribution in [0.1, 0.15) is 32.1 Å². The van der Waals surface area contributed by atoms with Crippen LogP contribution in [-0.4, -0.2) is 33.0 Å². The Morgan fingerprint density at radius 1 is 1.17 bits per heavy atom. The molecule has 18 heavy (non-hydrogen) atoms. The molecule has 6 heteroatoms. The van der Waals surface area contributed by atoms with Gasteiger partial charge < -0.3 is 5.73 Å². The molecule has 0 radical (unpaired) electrons. The van der Waals surface area contributed by atoms with Crippen LogP contribution in [0.3, 0.4) is 0 Å². The highest BCUT2D eigenvalue weighted by Gasteiger charge is 2.23. The van der Waals surface area contributed by atoms with Crippen molar-refractivity contribution in [3.05, 3.63) is 12.3 Å². The van der Waals surface area contributed by atoms with E-state index in [1.165, 1.54) is 4.90 Å². The van der Waals surface area contributed by atoms with Gasteiger partial charge in [0, 0.05) is 32.1 Å². The molecular formula is C12H18N4O2. The van der Waals surface area contributed by atoms with Gasteiger partial charge in [0.2, 0.25) is 11.8 Å². The van der Waals surface area contributed by atoms with E-state index in [1.54, 1.807) is 16.9 Å². The molecule has 0 spiro atoms. The fourth-order valence-electron chi connectivity index (χ4n) is 2.10. The Morgan fingerprint density at radius 2 is 1.83 bits per heavy atom. The van der Waals surface area contributed by atoms with Gasteiger partial charge in [0.15, 0.2) is 0 Å². The van der Waals surface area contributed by atoms with E-state index in [4.69, 9.17) is 5.73 Å². The molecule has 0 saturated carbocycles. The Balaban J connectivity index is 1.84. The maximum atomic E-state index is 11.7. The first-order chi connectivity index (χ1) is 8.66. The van der Waals surface area contributed by atoms with Gasteiger partial charge in [-0.1, -0.05) is 0 Å². The third kappa shape index (κ3) is 3.09. The first-order valence-electron chi connectivity index (χ1n) is 6.29. The number of hydrogen-bond acceptors (Lipinski definition) is 4. The second kappa shape index (κ2) is 5.66. The Kier molecular flexibility index (Phi) is 3.96. The van der Waals surface area contributed by atoms with E-state index in [0.717, 1.165) is 12.8 Å². The smallest absolute Gasteiger partial charge is 0.229 e. The fourth-order valence-corrected chi connectivity index (χ4v) is 2.10. The SMILES string of the molecule is Nc1ccn(CCCN2C(=O)CCCCC2=O)n1. The van der Waals surface area contributed by atoms with Crippen LogP contribution in [0.2, 0.25) is 0 Å². The highest BCUT2D eigenvalue weighted by Crippen LogP contribution is 2.13. The van der Waals surface area contributed by atoms with E-state index in [9.17, 15) is 9.59 Å². The standard InChI is InChI=1S/C12H18N4O2/c13-10-6-9-15(14-10)7-3-8-16-11(17)4-1-2-5-12(16)18/h6,9H,1-5,7-8H2,(H2,13,14). The summed E-state index contributed by atoms with van der Waals surface area (Å²) in [6.45, 7) is 1.13. The number of nitrogens with two attached hydrogens (primary N) is 1. The number of aryl methyl sites for hydroxylation is 1. The number of nitrogen functional groups attached to an aromatic ring is 1. The number of carbonyl (C=O) groups excluding carboxylic acids is 2. The summed E-state index contributed by atoms with van der Waals surface area (Å²) in [6, 6.07) is 1.72. The Labute approximate surface area is 106 Å². The number of amides is 2. The zero-order chi connectivity index (χ0) is 13.0. The molecule has 98 valence electrons. The maximum absolute atomic E-state index is 11.7. The molecule has 6 nitrogen and oxygen atoms in total. The van der Waals surface area contributed by atoms with Crippen molar-refractivity contribution in [2.45, 2.75) is 38.6 Å². The van der Waals surface area contributed by atoms with Gasteiger partial charge in [-0.25, -0.2) is 0 Å². The van der Waals surface area contributed by atoms with Crippen LogP contribution in [0.4, 0.5) is 5.82 Å². The molecule has 1 aromatic heterocycles. The third-order valence-corrected chi connectivity index (χ3v) is 3.06. The van der Waals surface area contributed by atoms with Crippen LogP contribution in [0.15, 0.2) is 12.3 Å². The van der Waals surface area contributed by atoms with Crippen LogP contribution >= 0.6 is 0 Å². The number of imide groups is 1. The van der Waals surface area contributed by atoms with E-state index in [1.807, 2.05) is 0 Å².